The molecule has 0 radical (unpaired) electrons. The van der Waals surface area contributed by atoms with Crippen LogP contribution in [0.4, 0.5) is 5.69 Å². The Morgan fingerprint density at radius 2 is 1.93 bits per heavy atom. The number of carbonyl (C=O) groups excluding carboxylic acids is 1. The molecule has 0 unspecified atom stereocenters. The molecule has 0 fully saturated rings. The number of thiazole rings is 1. The van der Waals surface area contributed by atoms with E-state index >= 15 is 0 Å². The lowest BCUT2D eigenvalue weighted by Gasteiger charge is -2.11. The van der Waals surface area contributed by atoms with Gasteiger partial charge in [0.05, 0.1) is 12.2 Å². The molecule has 28 heavy (non-hydrogen) atoms. The van der Waals surface area contributed by atoms with Crippen LogP contribution in [0.2, 0.25) is 5.02 Å². The van der Waals surface area contributed by atoms with Crippen LogP contribution in [0.25, 0.3) is 0 Å². The normalized spacial score (nSPS) is 10.9. The largest absolute Gasteiger partial charge is 0.357 e. The average Bonchev–Trinajstić information content (AvgIpc) is 2.96. The van der Waals surface area contributed by atoms with Crippen molar-refractivity contribution in [2.24, 2.45) is 4.99 Å². The van der Waals surface area contributed by atoms with Crippen molar-refractivity contribution in [1.29, 1.82) is 0 Å². The molecule has 0 spiro atoms. The number of nitrogens with zero attached hydrogens (tertiary/aromatic N) is 2. The minimum absolute atomic E-state index is 0. The third-order valence-corrected chi connectivity index (χ3v) is 5.10. The maximum Gasteiger partial charge on any atom is 0.224 e. The quantitative estimate of drug-likeness (QED) is 0.201. The van der Waals surface area contributed by atoms with Crippen LogP contribution in [-0.2, 0) is 11.3 Å². The molecule has 0 saturated heterocycles. The van der Waals surface area contributed by atoms with Gasteiger partial charge in [-0.15, -0.1) is 35.3 Å². The Kier molecular flexibility index (Phi) is 11.4. The van der Waals surface area contributed by atoms with Crippen molar-refractivity contribution in [3.05, 3.63) is 44.9 Å². The number of aromatic nitrogens is 1. The first-order valence-electron chi connectivity index (χ1n) is 8.98. The summed E-state index contributed by atoms with van der Waals surface area (Å²) >= 11 is 7.51. The molecule has 1 aromatic heterocycles. The number of benzene rings is 1. The minimum Gasteiger partial charge on any atom is -0.357 e. The molecule has 0 aliphatic heterocycles. The van der Waals surface area contributed by atoms with Gasteiger partial charge in [-0.2, -0.15) is 0 Å². The zero-order chi connectivity index (χ0) is 19.6. The maximum absolute atomic E-state index is 12.0. The zero-order valence-electron chi connectivity index (χ0n) is 16.3. The maximum atomic E-state index is 12.0. The van der Waals surface area contributed by atoms with Crippen LogP contribution in [-0.4, -0.2) is 29.9 Å². The van der Waals surface area contributed by atoms with E-state index in [9.17, 15) is 4.79 Å². The molecule has 1 amide bonds. The summed E-state index contributed by atoms with van der Waals surface area (Å²) in [5.74, 6) is 0.718. The second-order valence-electron chi connectivity index (χ2n) is 6.03. The average molecular weight is 536 g/mol. The molecule has 6 nitrogen and oxygen atoms in total. The Labute approximate surface area is 192 Å². The molecule has 0 bridgehead atoms. The number of carbonyl (C=O) groups is 1. The van der Waals surface area contributed by atoms with E-state index in [2.05, 4.69) is 32.9 Å². The van der Waals surface area contributed by atoms with Crippen LogP contribution in [0.1, 0.15) is 35.3 Å². The first kappa shape index (κ1) is 24.6. The fraction of sp³-hybridized carbons (Fsp3) is 0.421. The van der Waals surface area contributed by atoms with Gasteiger partial charge in [0.15, 0.2) is 5.96 Å². The predicted molar refractivity (Wildman–Crippen MR) is 129 cm³/mol. The molecule has 1 heterocycles. The summed E-state index contributed by atoms with van der Waals surface area (Å²) in [7, 11) is 0. The Bertz CT molecular complexity index is 760. The minimum atomic E-state index is -0.0187. The molecule has 9 heteroatoms. The summed E-state index contributed by atoms with van der Waals surface area (Å²) in [6.45, 7) is 8.09. The molecule has 0 aliphatic carbocycles. The van der Waals surface area contributed by atoms with E-state index in [1.165, 1.54) is 4.88 Å². The summed E-state index contributed by atoms with van der Waals surface area (Å²) in [6.07, 6.45) is 1.14. The van der Waals surface area contributed by atoms with Gasteiger partial charge in [-0.1, -0.05) is 11.6 Å². The van der Waals surface area contributed by atoms with Crippen molar-refractivity contribution in [1.82, 2.24) is 15.6 Å². The van der Waals surface area contributed by atoms with Crippen LogP contribution in [0.3, 0.4) is 0 Å². The predicted octanol–water partition coefficient (Wildman–Crippen LogP) is 4.51. The van der Waals surface area contributed by atoms with Crippen molar-refractivity contribution >= 4 is 64.5 Å². The molecule has 154 valence electrons. The summed E-state index contributed by atoms with van der Waals surface area (Å²) in [6, 6.07) is 7.08. The highest BCUT2D eigenvalue weighted by atomic mass is 127. The lowest BCUT2D eigenvalue weighted by atomic mass is 10.2. The van der Waals surface area contributed by atoms with Gasteiger partial charge in [-0.3, -0.25) is 4.79 Å². The van der Waals surface area contributed by atoms with Gasteiger partial charge >= 0.3 is 0 Å². The highest BCUT2D eigenvalue weighted by molar-refractivity contribution is 14.0. The van der Waals surface area contributed by atoms with E-state index in [0.717, 1.165) is 28.9 Å². The van der Waals surface area contributed by atoms with Gasteiger partial charge in [-0.05, 0) is 51.5 Å². The third kappa shape index (κ3) is 8.74. The van der Waals surface area contributed by atoms with Crippen molar-refractivity contribution in [3.63, 3.8) is 0 Å². The second kappa shape index (κ2) is 12.9. The summed E-state index contributed by atoms with van der Waals surface area (Å²) < 4.78 is 0. The number of guanidine groups is 1. The molecule has 2 aromatic rings. The lowest BCUT2D eigenvalue weighted by Crippen LogP contribution is -2.38. The topological polar surface area (TPSA) is 78.4 Å². The number of rotatable bonds is 8. The fourth-order valence-corrected chi connectivity index (χ4v) is 3.29. The van der Waals surface area contributed by atoms with Crippen LogP contribution >= 0.6 is 46.9 Å². The van der Waals surface area contributed by atoms with E-state index in [4.69, 9.17) is 11.6 Å². The van der Waals surface area contributed by atoms with Gasteiger partial charge in [0.25, 0.3) is 0 Å². The summed E-state index contributed by atoms with van der Waals surface area (Å²) in [4.78, 5) is 22.3. The highest BCUT2D eigenvalue weighted by Crippen LogP contribution is 2.17. The van der Waals surface area contributed by atoms with Gasteiger partial charge in [0.1, 0.15) is 5.01 Å². The molecule has 3 N–H and O–H groups in total. The summed E-state index contributed by atoms with van der Waals surface area (Å²) in [5.41, 5.74) is 1.82. The van der Waals surface area contributed by atoms with Crippen molar-refractivity contribution in [2.75, 3.05) is 18.4 Å². The number of aliphatic imine (C=N–C) groups is 1. The van der Waals surface area contributed by atoms with Crippen LogP contribution in [0, 0.1) is 13.8 Å². The molecule has 0 atom stereocenters. The van der Waals surface area contributed by atoms with Crippen molar-refractivity contribution < 1.29 is 4.79 Å². The van der Waals surface area contributed by atoms with E-state index < -0.39 is 0 Å². The summed E-state index contributed by atoms with van der Waals surface area (Å²) in [5, 5.41) is 11.0. The zero-order valence-corrected chi connectivity index (χ0v) is 20.2. The fourth-order valence-electron chi connectivity index (χ4n) is 2.31. The molecule has 1 aromatic carbocycles. The van der Waals surface area contributed by atoms with Gasteiger partial charge in [-0.25, -0.2) is 9.98 Å². The lowest BCUT2D eigenvalue weighted by molar-refractivity contribution is -0.116. The number of aryl methyl sites for hydroxylation is 2. The van der Waals surface area contributed by atoms with Gasteiger partial charge in [0, 0.05) is 35.1 Å². The van der Waals surface area contributed by atoms with Crippen LogP contribution in [0.15, 0.2) is 29.3 Å². The van der Waals surface area contributed by atoms with Crippen LogP contribution < -0.4 is 16.0 Å². The molecule has 0 aliphatic rings. The Hall–Kier alpha value is -1.39. The van der Waals surface area contributed by atoms with Gasteiger partial charge in [0.2, 0.25) is 5.91 Å². The van der Waals surface area contributed by atoms with E-state index in [1.807, 2.05) is 13.8 Å². The molecular weight excluding hydrogens is 509 g/mol. The Morgan fingerprint density at radius 3 is 2.54 bits per heavy atom. The monoisotopic (exact) mass is 535 g/mol. The van der Waals surface area contributed by atoms with E-state index in [-0.39, 0.29) is 29.9 Å². The number of halogens is 2. The smallest absolute Gasteiger partial charge is 0.224 e. The number of anilines is 1. The van der Waals surface area contributed by atoms with Crippen molar-refractivity contribution in [3.8, 4) is 0 Å². The standard InChI is InChI=1S/C19H26ClN5OS.HI/c1-4-21-19(23-12-18-24-13(2)14(3)27-18)22-11-5-6-17(26)25-16-9-7-15(20)8-10-16;/h7-10H,4-6,11-12H2,1-3H3,(H,25,26)(H2,21,22,23);1H. The molecule has 2 rings (SSSR count). The van der Waals surface area contributed by atoms with E-state index in [0.29, 0.717) is 31.0 Å². The molecular formula is C19H27ClIN5OS. The van der Waals surface area contributed by atoms with Gasteiger partial charge < -0.3 is 16.0 Å². The SMILES string of the molecule is CCNC(=NCc1nc(C)c(C)s1)NCCCC(=O)Nc1ccc(Cl)cc1.I. The first-order valence-corrected chi connectivity index (χ1v) is 10.2. The third-order valence-electron chi connectivity index (χ3n) is 3.79. The van der Waals surface area contributed by atoms with Crippen molar-refractivity contribution in [2.45, 2.75) is 40.2 Å². The number of amides is 1. The molecule has 0 saturated carbocycles. The number of hydrogen-bond acceptors (Lipinski definition) is 4. The number of hydrogen-bond donors (Lipinski definition) is 3. The second-order valence-corrected chi connectivity index (χ2v) is 7.75. The highest BCUT2D eigenvalue weighted by Gasteiger charge is 2.05. The first-order chi connectivity index (χ1) is 13.0. The van der Waals surface area contributed by atoms with E-state index in [1.54, 1.807) is 35.6 Å². The Balaban J connectivity index is 0.00000392. The van der Waals surface area contributed by atoms with Crippen LogP contribution in [0.5, 0.6) is 0 Å². The number of nitrogens with one attached hydrogen (secondary N) is 3. The Morgan fingerprint density at radius 1 is 1.21 bits per heavy atom.